The molecule has 7 nitrogen and oxygen atoms in total. The van der Waals surface area contributed by atoms with Crippen molar-refractivity contribution in [3.8, 4) is 17.2 Å². The van der Waals surface area contributed by atoms with Crippen LogP contribution in [-0.4, -0.2) is 33.9 Å². The number of anilines is 1. The molecule has 1 saturated heterocycles. The smallest absolute Gasteiger partial charge is 0.174 e. The van der Waals surface area contributed by atoms with Crippen LogP contribution >= 0.6 is 12.2 Å². The lowest BCUT2D eigenvalue weighted by molar-refractivity contribution is 0.394. The van der Waals surface area contributed by atoms with Gasteiger partial charge in [0.1, 0.15) is 17.5 Å². The van der Waals surface area contributed by atoms with E-state index in [-0.39, 0.29) is 12.1 Å². The summed E-state index contributed by atoms with van der Waals surface area (Å²) in [7, 11) is 3.28. The van der Waals surface area contributed by atoms with Crippen molar-refractivity contribution < 1.29 is 9.47 Å². The summed E-state index contributed by atoms with van der Waals surface area (Å²) in [6.45, 7) is 0. The third-order valence-corrected chi connectivity index (χ3v) is 6.07. The number of ether oxygens (including phenoxy) is 2. The van der Waals surface area contributed by atoms with E-state index in [1.54, 1.807) is 26.6 Å². The number of nitrogens with one attached hydrogen (secondary N) is 1. The summed E-state index contributed by atoms with van der Waals surface area (Å²) in [4.78, 5) is 11.0. The third kappa shape index (κ3) is 3.78. The summed E-state index contributed by atoms with van der Waals surface area (Å²) in [6, 6.07) is 19.4. The SMILES string of the molecule is COc1ccc(N2C(=S)N[C@H](c3ccccn3)[C@@H]2c2cccn2-c2cccnc2)c(OC)c1. The van der Waals surface area contributed by atoms with E-state index in [1.807, 2.05) is 67.0 Å². The Balaban J connectivity index is 1.69. The van der Waals surface area contributed by atoms with Crippen LogP contribution in [0.1, 0.15) is 23.5 Å². The number of pyridine rings is 2. The molecule has 0 bridgehead atoms. The van der Waals surface area contributed by atoms with Crippen molar-refractivity contribution in [2.45, 2.75) is 12.1 Å². The van der Waals surface area contributed by atoms with E-state index >= 15 is 0 Å². The molecule has 1 aliphatic heterocycles. The van der Waals surface area contributed by atoms with Crippen molar-refractivity contribution in [1.29, 1.82) is 0 Å². The zero-order valence-electron chi connectivity index (χ0n) is 18.3. The molecule has 0 amide bonds. The summed E-state index contributed by atoms with van der Waals surface area (Å²) < 4.78 is 13.3. The molecular formula is C25H23N5O2S. The molecule has 0 saturated carbocycles. The van der Waals surface area contributed by atoms with Gasteiger partial charge in [-0.05, 0) is 60.7 Å². The van der Waals surface area contributed by atoms with Gasteiger partial charge in [0.2, 0.25) is 0 Å². The van der Waals surface area contributed by atoms with Gasteiger partial charge in [0.25, 0.3) is 0 Å². The van der Waals surface area contributed by atoms with E-state index in [0.29, 0.717) is 16.6 Å². The van der Waals surface area contributed by atoms with Crippen molar-refractivity contribution in [2.24, 2.45) is 0 Å². The number of benzene rings is 1. The topological polar surface area (TPSA) is 64.4 Å². The van der Waals surface area contributed by atoms with E-state index < -0.39 is 0 Å². The predicted octanol–water partition coefficient (Wildman–Crippen LogP) is 4.46. The van der Waals surface area contributed by atoms with Crippen LogP contribution in [0.5, 0.6) is 11.5 Å². The molecule has 4 aromatic rings. The third-order valence-electron chi connectivity index (χ3n) is 5.75. The first kappa shape index (κ1) is 21.0. The highest BCUT2D eigenvalue weighted by Gasteiger charge is 2.43. The summed E-state index contributed by atoms with van der Waals surface area (Å²) in [6.07, 6.45) is 7.45. The quantitative estimate of drug-likeness (QED) is 0.429. The number of aromatic nitrogens is 3. The Morgan fingerprint density at radius 3 is 2.61 bits per heavy atom. The molecule has 5 rings (SSSR count). The second kappa shape index (κ2) is 8.91. The number of methoxy groups -OCH3 is 2. The second-order valence-corrected chi connectivity index (χ2v) is 7.94. The second-order valence-electron chi connectivity index (χ2n) is 7.55. The lowest BCUT2D eigenvalue weighted by Gasteiger charge is -2.30. The maximum absolute atomic E-state index is 5.86. The molecular weight excluding hydrogens is 434 g/mol. The fourth-order valence-corrected chi connectivity index (χ4v) is 4.60. The summed E-state index contributed by atoms with van der Waals surface area (Å²) in [5, 5.41) is 4.09. The van der Waals surface area contributed by atoms with Gasteiger partial charge in [0.15, 0.2) is 5.11 Å². The van der Waals surface area contributed by atoms with Crippen LogP contribution in [-0.2, 0) is 0 Å². The van der Waals surface area contributed by atoms with Crippen molar-refractivity contribution >= 4 is 23.0 Å². The maximum Gasteiger partial charge on any atom is 0.174 e. The highest BCUT2D eigenvalue weighted by molar-refractivity contribution is 7.80. The van der Waals surface area contributed by atoms with Gasteiger partial charge in [-0.25, -0.2) is 0 Å². The Morgan fingerprint density at radius 2 is 1.88 bits per heavy atom. The van der Waals surface area contributed by atoms with E-state index in [1.165, 1.54) is 0 Å². The van der Waals surface area contributed by atoms with Crippen LogP contribution in [0.25, 0.3) is 5.69 Å². The van der Waals surface area contributed by atoms with Gasteiger partial charge in [-0.1, -0.05) is 6.07 Å². The summed E-state index contributed by atoms with van der Waals surface area (Å²) in [5.74, 6) is 1.38. The average molecular weight is 458 g/mol. The van der Waals surface area contributed by atoms with Crippen LogP contribution in [0.3, 0.4) is 0 Å². The van der Waals surface area contributed by atoms with Gasteiger partial charge in [0, 0.05) is 30.4 Å². The molecule has 1 fully saturated rings. The molecule has 33 heavy (non-hydrogen) atoms. The number of hydrogen-bond acceptors (Lipinski definition) is 5. The zero-order valence-corrected chi connectivity index (χ0v) is 19.1. The lowest BCUT2D eigenvalue weighted by Crippen LogP contribution is -2.30. The Hall–Kier alpha value is -3.91. The van der Waals surface area contributed by atoms with Crippen LogP contribution in [0.4, 0.5) is 5.69 Å². The number of rotatable bonds is 6. The Bertz CT molecular complexity index is 1260. The molecule has 0 radical (unpaired) electrons. The van der Waals surface area contributed by atoms with Crippen molar-refractivity contribution in [3.05, 3.63) is 96.8 Å². The van der Waals surface area contributed by atoms with Gasteiger partial charge in [0.05, 0.1) is 43.5 Å². The minimum absolute atomic E-state index is 0.171. The molecule has 0 spiro atoms. The fourth-order valence-electron chi connectivity index (χ4n) is 4.27. The Kier molecular flexibility index (Phi) is 5.66. The van der Waals surface area contributed by atoms with E-state index in [9.17, 15) is 0 Å². The zero-order chi connectivity index (χ0) is 22.8. The minimum Gasteiger partial charge on any atom is -0.497 e. The predicted molar refractivity (Wildman–Crippen MR) is 131 cm³/mol. The fraction of sp³-hybridized carbons (Fsp3) is 0.160. The molecule has 0 aliphatic carbocycles. The van der Waals surface area contributed by atoms with Gasteiger partial charge in [-0.3, -0.25) is 9.97 Å². The van der Waals surface area contributed by atoms with E-state index in [2.05, 4.69) is 30.8 Å². The number of nitrogens with zero attached hydrogens (tertiary/aromatic N) is 4. The monoisotopic (exact) mass is 457 g/mol. The lowest BCUT2D eigenvalue weighted by atomic mass is 10.0. The summed E-state index contributed by atoms with van der Waals surface area (Å²) >= 11 is 5.86. The van der Waals surface area contributed by atoms with Gasteiger partial charge in [-0.15, -0.1) is 0 Å². The molecule has 0 unspecified atom stereocenters. The normalized spacial score (nSPS) is 17.6. The maximum atomic E-state index is 5.86. The molecule has 1 aliphatic rings. The first-order chi connectivity index (χ1) is 16.2. The average Bonchev–Trinajstić information content (AvgIpc) is 3.49. The largest absolute Gasteiger partial charge is 0.497 e. The van der Waals surface area contributed by atoms with Crippen LogP contribution < -0.4 is 19.7 Å². The van der Waals surface area contributed by atoms with Crippen molar-refractivity contribution in [3.63, 3.8) is 0 Å². The number of thiocarbonyl (C=S) groups is 1. The highest BCUT2D eigenvalue weighted by Crippen LogP contribution is 2.45. The first-order valence-corrected chi connectivity index (χ1v) is 10.9. The molecule has 2 atom stereocenters. The molecule has 3 aromatic heterocycles. The van der Waals surface area contributed by atoms with Crippen LogP contribution in [0.15, 0.2) is 85.5 Å². The van der Waals surface area contributed by atoms with Crippen LogP contribution in [0.2, 0.25) is 0 Å². The molecule has 1 N–H and O–H groups in total. The highest BCUT2D eigenvalue weighted by atomic mass is 32.1. The van der Waals surface area contributed by atoms with Crippen molar-refractivity contribution in [1.82, 2.24) is 19.9 Å². The van der Waals surface area contributed by atoms with Gasteiger partial charge >= 0.3 is 0 Å². The minimum atomic E-state index is -0.190. The molecule has 8 heteroatoms. The standard InChI is InChI=1S/C25H23N5O2S/c1-31-18-10-11-20(22(15-18)32-2)30-24(23(28-25(30)33)19-8-3-4-13-27-19)21-9-6-14-29(21)17-7-5-12-26-16-17/h3-16,23-24H,1-2H3,(H,28,33)/t23-,24+/m1/s1. The van der Waals surface area contributed by atoms with E-state index in [4.69, 9.17) is 21.7 Å². The van der Waals surface area contributed by atoms with Gasteiger partial charge < -0.3 is 24.3 Å². The van der Waals surface area contributed by atoms with Crippen LogP contribution in [0, 0.1) is 0 Å². The molecule has 166 valence electrons. The van der Waals surface area contributed by atoms with Gasteiger partial charge in [-0.2, -0.15) is 0 Å². The van der Waals surface area contributed by atoms with Crippen molar-refractivity contribution in [2.75, 3.05) is 19.1 Å². The number of hydrogen-bond donors (Lipinski definition) is 1. The Morgan fingerprint density at radius 1 is 0.970 bits per heavy atom. The molecule has 4 heterocycles. The molecule has 1 aromatic carbocycles. The first-order valence-electron chi connectivity index (χ1n) is 10.5. The van der Waals surface area contributed by atoms with E-state index in [0.717, 1.165) is 22.8 Å². The summed E-state index contributed by atoms with van der Waals surface area (Å²) in [5.41, 5.74) is 3.76. The Labute approximate surface area is 197 Å².